The van der Waals surface area contributed by atoms with Crippen molar-refractivity contribution in [1.29, 1.82) is 0 Å². The smallest absolute Gasteiger partial charge is 0.272 e. The first kappa shape index (κ1) is 23.0. The molecule has 0 unspecified atom stereocenters. The molecule has 13 heteroatoms. The standard InChI is InChI=1S/C20H17ClN6O4S2/c1-12-6-5-7-13(10-12)18(28)23-19-24-25-20(32-19)33(29,30)27(2)11-16-22-17(26-31-16)14-8-3-4-9-15(14)21/h3-10H,11H2,1-2H3,(H,23,24,28). The van der Waals surface area contributed by atoms with Crippen molar-refractivity contribution in [2.24, 2.45) is 0 Å². The molecule has 2 aromatic heterocycles. The zero-order valence-corrected chi connectivity index (χ0v) is 19.8. The average molecular weight is 505 g/mol. The van der Waals surface area contributed by atoms with E-state index in [1.54, 1.807) is 42.5 Å². The molecule has 33 heavy (non-hydrogen) atoms. The zero-order valence-electron chi connectivity index (χ0n) is 17.4. The molecule has 0 aliphatic rings. The van der Waals surface area contributed by atoms with Gasteiger partial charge in [-0.05, 0) is 31.2 Å². The van der Waals surface area contributed by atoms with Crippen LogP contribution in [0.15, 0.2) is 57.4 Å². The molecule has 0 bridgehead atoms. The van der Waals surface area contributed by atoms with Gasteiger partial charge in [0.25, 0.3) is 15.9 Å². The number of carbonyl (C=O) groups is 1. The highest BCUT2D eigenvalue weighted by Gasteiger charge is 2.28. The van der Waals surface area contributed by atoms with Gasteiger partial charge >= 0.3 is 0 Å². The fraction of sp³-hybridized carbons (Fsp3) is 0.150. The first-order chi connectivity index (χ1) is 15.7. The van der Waals surface area contributed by atoms with Gasteiger partial charge in [0.2, 0.25) is 21.2 Å². The van der Waals surface area contributed by atoms with Crippen LogP contribution in [0.2, 0.25) is 5.02 Å². The molecule has 170 valence electrons. The maximum Gasteiger partial charge on any atom is 0.272 e. The van der Waals surface area contributed by atoms with Gasteiger partial charge in [0, 0.05) is 18.2 Å². The van der Waals surface area contributed by atoms with Crippen LogP contribution in [-0.4, -0.2) is 46.0 Å². The molecule has 0 spiro atoms. The van der Waals surface area contributed by atoms with Gasteiger partial charge in [-0.15, -0.1) is 10.2 Å². The predicted octanol–water partition coefficient (Wildman–Crippen LogP) is 3.62. The minimum absolute atomic E-state index is 0.0623. The third kappa shape index (κ3) is 5.09. The van der Waals surface area contributed by atoms with Crippen molar-refractivity contribution < 1.29 is 17.7 Å². The van der Waals surface area contributed by atoms with Gasteiger partial charge < -0.3 is 4.52 Å². The van der Waals surface area contributed by atoms with Crippen LogP contribution in [-0.2, 0) is 16.6 Å². The van der Waals surface area contributed by atoms with Gasteiger partial charge in [-0.25, -0.2) is 8.42 Å². The molecule has 2 aromatic carbocycles. The number of carbonyl (C=O) groups excluding carboxylic acids is 1. The Morgan fingerprint density at radius 1 is 1.18 bits per heavy atom. The Bertz CT molecular complexity index is 1420. The minimum atomic E-state index is -4.01. The maximum absolute atomic E-state index is 12.9. The minimum Gasteiger partial charge on any atom is -0.338 e. The first-order valence-corrected chi connectivity index (χ1v) is 12.1. The highest BCUT2D eigenvalue weighted by atomic mass is 35.5. The van der Waals surface area contributed by atoms with Crippen molar-refractivity contribution >= 4 is 44.0 Å². The SMILES string of the molecule is Cc1cccc(C(=O)Nc2nnc(S(=O)(=O)N(C)Cc3nc(-c4ccccc4Cl)no3)s2)c1. The number of aryl methyl sites for hydroxylation is 1. The first-order valence-electron chi connectivity index (χ1n) is 9.49. The third-order valence-corrected chi connectivity index (χ3v) is 7.80. The lowest BCUT2D eigenvalue weighted by atomic mass is 10.1. The summed E-state index contributed by atoms with van der Waals surface area (Å²) in [7, 11) is -2.67. The number of anilines is 1. The Hall–Kier alpha value is -3.19. The summed E-state index contributed by atoms with van der Waals surface area (Å²) in [5.74, 6) is -0.0861. The summed E-state index contributed by atoms with van der Waals surface area (Å²) in [5.41, 5.74) is 1.92. The molecule has 0 fully saturated rings. The van der Waals surface area contributed by atoms with Crippen LogP contribution in [0.5, 0.6) is 0 Å². The lowest BCUT2D eigenvalue weighted by molar-refractivity contribution is 0.102. The van der Waals surface area contributed by atoms with E-state index < -0.39 is 15.9 Å². The summed E-state index contributed by atoms with van der Waals surface area (Å²) in [4.78, 5) is 16.6. The largest absolute Gasteiger partial charge is 0.338 e. The van der Waals surface area contributed by atoms with E-state index in [0.717, 1.165) is 21.2 Å². The van der Waals surface area contributed by atoms with E-state index in [0.29, 0.717) is 16.1 Å². The fourth-order valence-electron chi connectivity index (χ4n) is 2.80. The van der Waals surface area contributed by atoms with Crippen LogP contribution in [0.25, 0.3) is 11.4 Å². The molecule has 0 aliphatic heterocycles. The summed E-state index contributed by atoms with van der Waals surface area (Å²) in [6.07, 6.45) is 0. The molecular weight excluding hydrogens is 488 g/mol. The van der Waals surface area contributed by atoms with E-state index in [4.69, 9.17) is 16.1 Å². The molecule has 2 heterocycles. The number of hydrogen-bond acceptors (Lipinski definition) is 9. The molecule has 0 saturated heterocycles. The third-order valence-electron chi connectivity index (χ3n) is 4.48. The van der Waals surface area contributed by atoms with Crippen molar-refractivity contribution in [1.82, 2.24) is 24.6 Å². The number of nitrogens with one attached hydrogen (secondary N) is 1. The highest BCUT2D eigenvalue weighted by molar-refractivity contribution is 7.91. The Kier molecular flexibility index (Phi) is 6.51. The number of sulfonamides is 1. The Morgan fingerprint density at radius 3 is 2.73 bits per heavy atom. The number of rotatable bonds is 7. The topological polar surface area (TPSA) is 131 Å². The van der Waals surface area contributed by atoms with Crippen molar-refractivity contribution in [3.8, 4) is 11.4 Å². The summed E-state index contributed by atoms with van der Waals surface area (Å²) in [6, 6.07) is 13.9. The number of aromatic nitrogens is 4. The van der Waals surface area contributed by atoms with Gasteiger partial charge in [0.15, 0.2) is 0 Å². The number of nitrogens with zero attached hydrogens (tertiary/aromatic N) is 5. The normalized spacial score (nSPS) is 11.6. The predicted molar refractivity (Wildman–Crippen MR) is 122 cm³/mol. The van der Waals surface area contributed by atoms with Gasteiger partial charge in [0.1, 0.15) is 0 Å². The summed E-state index contributed by atoms with van der Waals surface area (Å²) in [5, 5.41) is 14.4. The van der Waals surface area contributed by atoms with Gasteiger partial charge in [0.05, 0.1) is 11.6 Å². The molecule has 10 nitrogen and oxygen atoms in total. The second-order valence-corrected chi connectivity index (χ2v) is 10.6. The lowest BCUT2D eigenvalue weighted by Gasteiger charge is -2.11. The van der Waals surface area contributed by atoms with Crippen LogP contribution in [0.4, 0.5) is 5.13 Å². The Labute approximate surface area is 198 Å². The van der Waals surface area contributed by atoms with Crippen molar-refractivity contribution in [2.75, 3.05) is 12.4 Å². The number of halogens is 1. The molecule has 0 atom stereocenters. The quantitative estimate of drug-likeness (QED) is 0.377. The molecule has 4 rings (SSSR count). The summed E-state index contributed by atoms with van der Waals surface area (Å²) in [6.45, 7) is 1.67. The van der Waals surface area contributed by atoms with Crippen LogP contribution < -0.4 is 5.32 Å². The second-order valence-electron chi connectivity index (χ2n) is 6.95. The van der Waals surface area contributed by atoms with Gasteiger partial charge in [-0.2, -0.15) is 9.29 Å². The monoisotopic (exact) mass is 504 g/mol. The van der Waals surface area contributed by atoms with E-state index in [1.165, 1.54) is 7.05 Å². The summed E-state index contributed by atoms with van der Waals surface area (Å²) >= 11 is 6.88. The Morgan fingerprint density at radius 2 is 1.97 bits per heavy atom. The van der Waals surface area contributed by atoms with E-state index >= 15 is 0 Å². The second kappa shape index (κ2) is 9.35. The Balaban J connectivity index is 1.46. The zero-order chi connectivity index (χ0) is 23.6. The molecule has 1 amide bonds. The van der Waals surface area contributed by atoms with Crippen LogP contribution in [0, 0.1) is 6.92 Å². The molecule has 1 N–H and O–H groups in total. The van der Waals surface area contributed by atoms with E-state index in [1.807, 2.05) is 13.0 Å². The molecule has 0 radical (unpaired) electrons. The van der Waals surface area contributed by atoms with Gasteiger partial charge in [-0.3, -0.25) is 10.1 Å². The average Bonchev–Trinajstić information content (AvgIpc) is 3.44. The molecular formula is C20H17ClN6O4S2. The van der Waals surface area contributed by atoms with E-state index in [9.17, 15) is 13.2 Å². The van der Waals surface area contributed by atoms with Crippen molar-refractivity contribution in [3.05, 3.63) is 70.6 Å². The van der Waals surface area contributed by atoms with Crippen molar-refractivity contribution in [2.45, 2.75) is 17.8 Å². The van der Waals surface area contributed by atoms with Crippen molar-refractivity contribution in [3.63, 3.8) is 0 Å². The lowest BCUT2D eigenvalue weighted by Crippen LogP contribution is -2.26. The summed E-state index contributed by atoms with van der Waals surface area (Å²) < 4.78 is 31.7. The van der Waals surface area contributed by atoms with Gasteiger partial charge in [-0.1, -0.05) is 57.9 Å². The number of amides is 1. The fourth-order valence-corrected chi connectivity index (χ4v) is 5.22. The van der Waals surface area contributed by atoms with Crippen LogP contribution in [0.1, 0.15) is 21.8 Å². The number of hydrogen-bond donors (Lipinski definition) is 1. The van der Waals surface area contributed by atoms with Crippen LogP contribution in [0.3, 0.4) is 0 Å². The molecule has 4 aromatic rings. The molecule has 0 aliphatic carbocycles. The number of benzene rings is 2. The highest BCUT2D eigenvalue weighted by Crippen LogP contribution is 2.27. The van der Waals surface area contributed by atoms with E-state index in [2.05, 4.69) is 25.7 Å². The van der Waals surface area contributed by atoms with E-state index in [-0.39, 0.29) is 27.7 Å². The molecule has 0 saturated carbocycles. The maximum atomic E-state index is 12.9. The van der Waals surface area contributed by atoms with Crippen LogP contribution >= 0.6 is 22.9 Å².